The minimum Gasteiger partial charge on any atom is -0.409 e. The fraction of sp³-hybridized carbons (Fsp3) is 0.462. The first-order valence-electron chi connectivity index (χ1n) is 6.21. The maximum Gasteiger partial charge on any atom is 0.172 e. The lowest BCUT2D eigenvalue weighted by molar-refractivity contribution is 0.0819. The smallest absolute Gasteiger partial charge is 0.172 e. The predicted octanol–water partition coefficient (Wildman–Crippen LogP) is 1.54. The zero-order valence-corrected chi connectivity index (χ0v) is 10.8. The number of halogens is 1. The zero-order chi connectivity index (χ0) is 13.8. The van der Waals surface area contributed by atoms with E-state index in [4.69, 9.17) is 15.7 Å². The number of benzene rings is 1. The van der Waals surface area contributed by atoms with Crippen LogP contribution in [0.5, 0.6) is 0 Å². The Morgan fingerprint density at radius 1 is 1.47 bits per heavy atom. The van der Waals surface area contributed by atoms with Gasteiger partial charge >= 0.3 is 0 Å². The van der Waals surface area contributed by atoms with Gasteiger partial charge in [0.25, 0.3) is 0 Å². The number of nitrogens with zero attached hydrogens (tertiary/aromatic N) is 2. The molecule has 1 heterocycles. The first-order chi connectivity index (χ1) is 9.15. The lowest BCUT2D eigenvalue weighted by Crippen LogP contribution is -2.37. The Bertz CT molecular complexity index is 471. The largest absolute Gasteiger partial charge is 0.409 e. The molecule has 0 amide bonds. The predicted molar refractivity (Wildman–Crippen MR) is 71.2 cm³/mol. The van der Waals surface area contributed by atoms with Crippen molar-refractivity contribution in [3.05, 3.63) is 29.6 Å². The van der Waals surface area contributed by atoms with Gasteiger partial charge < -0.3 is 20.6 Å². The molecule has 0 bridgehead atoms. The second-order valence-corrected chi connectivity index (χ2v) is 4.57. The molecule has 0 aromatic heterocycles. The molecule has 3 N–H and O–H groups in total. The third kappa shape index (κ3) is 2.96. The van der Waals surface area contributed by atoms with E-state index in [9.17, 15) is 4.39 Å². The van der Waals surface area contributed by atoms with Crippen molar-refractivity contribution in [3.8, 4) is 0 Å². The number of methoxy groups -OCH3 is 1. The molecule has 1 aromatic rings. The molecule has 0 radical (unpaired) electrons. The third-order valence-electron chi connectivity index (χ3n) is 3.46. The summed E-state index contributed by atoms with van der Waals surface area (Å²) < 4.78 is 18.6. The van der Waals surface area contributed by atoms with Gasteiger partial charge in [-0.3, -0.25) is 0 Å². The summed E-state index contributed by atoms with van der Waals surface area (Å²) in [6.07, 6.45) is 2.08. The first-order valence-corrected chi connectivity index (χ1v) is 6.21. The third-order valence-corrected chi connectivity index (χ3v) is 3.46. The summed E-state index contributed by atoms with van der Waals surface area (Å²) >= 11 is 0. The Morgan fingerprint density at radius 2 is 2.16 bits per heavy atom. The fourth-order valence-corrected chi connectivity index (χ4v) is 2.38. The summed E-state index contributed by atoms with van der Waals surface area (Å²) in [5, 5.41) is 11.7. The van der Waals surface area contributed by atoms with E-state index in [1.165, 1.54) is 12.1 Å². The van der Waals surface area contributed by atoms with Crippen LogP contribution in [0.4, 0.5) is 10.1 Å². The van der Waals surface area contributed by atoms with Gasteiger partial charge in [-0.15, -0.1) is 0 Å². The van der Waals surface area contributed by atoms with Crippen molar-refractivity contribution in [2.75, 3.05) is 25.1 Å². The monoisotopic (exact) mass is 267 g/mol. The Balaban J connectivity index is 2.25. The Morgan fingerprint density at radius 3 is 2.74 bits per heavy atom. The summed E-state index contributed by atoms with van der Waals surface area (Å²) in [5.74, 6) is -0.486. The van der Waals surface area contributed by atoms with Gasteiger partial charge in [0.2, 0.25) is 0 Å². The molecule has 19 heavy (non-hydrogen) atoms. The van der Waals surface area contributed by atoms with E-state index in [0.717, 1.165) is 31.6 Å². The van der Waals surface area contributed by atoms with Crippen molar-refractivity contribution in [3.63, 3.8) is 0 Å². The van der Waals surface area contributed by atoms with Crippen molar-refractivity contribution in [2.24, 2.45) is 10.9 Å². The van der Waals surface area contributed by atoms with Crippen LogP contribution in [0, 0.1) is 5.82 Å². The van der Waals surface area contributed by atoms with Gasteiger partial charge in [0, 0.05) is 31.5 Å². The van der Waals surface area contributed by atoms with E-state index in [0.29, 0.717) is 5.56 Å². The molecule has 5 nitrogen and oxygen atoms in total. The van der Waals surface area contributed by atoms with E-state index >= 15 is 0 Å². The molecule has 0 spiro atoms. The molecule has 1 aliphatic heterocycles. The number of oxime groups is 1. The molecule has 0 saturated carbocycles. The number of hydrogen-bond acceptors (Lipinski definition) is 4. The molecule has 2 rings (SSSR count). The minimum absolute atomic E-state index is 0.0802. The highest BCUT2D eigenvalue weighted by Crippen LogP contribution is 2.25. The minimum atomic E-state index is -0.405. The quantitative estimate of drug-likeness (QED) is 0.377. The Hall–Kier alpha value is -1.82. The molecule has 1 saturated heterocycles. The van der Waals surface area contributed by atoms with Crippen LogP contribution in [0.1, 0.15) is 18.4 Å². The van der Waals surface area contributed by atoms with Crippen LogP contribution in [0.2, 0.25) is 0 Å². The number of amidine groups is 1. The molecular formula is C13H18FN3O2. The van der Waals surface area contributed by atoms with Crippen LogP contribution in [0.25, 0.3) is 0 Å². The highest BCUT2D eigenvalue weighted by molar-refractivity contribution is 6.02. The molecule has 1 fully saturated rings. The number of anilines is 1. The SMILES string of the molecule is COC1CCN(c2ccc(F)cc2/C(N)=N/O)CC1. The highest BCUT2D eigenvalue weighted by Gasteiger charge is 2.22. The van der Waals surface area contributed by atoms with Crippen LogP contribution in [-0.2, 0) is 4.74 Å². The second-order valence-electron chi connectivity index (χ2n) is 4.57. The normalized spacial score (nSPS) is 17.8. The first kappa shape index (κ1) is 13.6. The summed E-state index contributed by atoms with van der Waals surface area (Å²) in [7, 11) is 1.71. The topological polar surface area (TPSA) is 71.1 Å². The van der Waals surface area contributed by atoms with Crippen LogP contribution < -0.4 is 10.6 Å². The Kier molecular flexibility index (Phi) is 4.21. The van der Waals surface area contributed by atoms with Crippen molar-refractivity contribution < 1.29 is 14.3 Å². The van der Waals surface area contributed by atoms with Gasteiger partial charge in [0.05, 0.1) is 6.10 Å². The highest BCUT2D eigenvalue weighted by atomic mass is 19.1. The van der Waals surface area contributed by atoms with Crippen molar-refractivity contribution >= 4 is 11.5 Å². The van der Waals surface area contributed by atoms with Crippen LogP contribution in [0.15, 0.2) is 23.4 Å². The van der Waals surface area contributed by atoms with Gasteiger partial charge in [-0.25, -0.2) is 4.39 Å². The maximum absolute atomic E-state index is 13.3. The number of nitrogens with two attached hydrogens (primary N) is 1. The average Bonchev–Trinajstić information content (AvgIpc) is 2.46. The van der Waals surface area contributed by atoms with Crippen molar-refractivity contribution in [1.82, 2.24) is 0 Å². The van der Waals surface area contributed by atoms with Crippen LogP contribution in [0.3, 0.4) is 0 Å². The molecule has 104 valence electrons. The molecule has 1 aromatic carbocycles. The summed E-state index contributed by atoms with van der Waals surface area (Å²) in [5.41, 5.74) is 6.80. The lowest BCUT2D eigenvalue weighted by atomic mass is 10.0. The van der Waals surface area contributed by atoms with Crippen molar-refractivity contribution in [1.29, 1.82) is 0 Å². The van der Waals surface area contributed by atoms with Gasteiger partial charge in [-0.2, -0.15) is 0 Å². The zero-order valence-electron chi connectivity index (χ0n) is 10.8. The second kappa shape index (κ2) is 5.88. The fourth-order valence-electron chi connectivity index (χ4n) is 2.38. The van der Waals surface area contributed by atoms with Crippen LogP contribution >= 0.6 is 0 Å². The molecule has 6 heteroatoms. The van der Waals surface area contributed by atoms with E-state index in [-0.39, 0.29) is 11.9 Å². The van der Waals surface area contributed by atoms with Gasteiger partial charge in [0.15, 0.2) is 5.84 Å². The summed E-state index contributed by atoms with van der Waals surface area (Å²) in [4.78, 5) is 2.10. The molecule has 0 aliphatic carbocycles. The van der Waals surface area contributed by atoms with Crippen molar-refractivity contribution in [2.45, 2.75) is 18.9 Å². The van der Waals surface area contributed by atoms with E-state index < -0.39 is 5.82 Å². The molecule has 0 atom stereocenters. The average molecular weight is 267 g/mol. The summed E-state index contributed by atoms with van der Waals surface area (Å²) in [6, 6.07) is 4.33. The number of hydrogen-bond donors (Lipinski definition) is 2. The molecule has 0 unspecified atom stereocenters. The number of rotatable bonds is 3. The standard InChI is InChI=1S/C13H18FN3O2/c1-19-10-4-6-17(7-5-10)12-3-2-9(14)8-11(12)13(15)16-18/h2-3,8,10,18H,4-7H2,1H3,(H2,15,16). The van der Waals surface area contributed by atoms with Gasteiger partial charge in [-0.05, 0) is 31.0 Å². The number of piperidine rings is 1. The van der Waals surface area contributed by atoms with E-state index in [2.05, 4.69) is 10.1 Å². The Labute approximate surface area is 111 Å². The lowest BCUT2D eigenvalue weighted by Gasteiger charge is -2.34. The molecular weight excluding hydrogens is 249 g/mol. The maximum atomic E-state index is 13.3. The van der Waals surface area contributed by atoms with Crippen LogP contribution in [-0.4, -0.2) is 37.3 Å². The summed E-state index contributed by atoms with van der Waals surface area (Å²) in [6.45, 7) is 1.60. The number of ether oxygens (including phenoxy) is 1. The van der Waals surface area contributed by atoms with E-state index in [1.807, 2.05) is 0 Å². The molecule has 1 aliphatic rings. The van der Waals surface area contributed by atoms with Gasteiger partial charge in [-0.1, -0.05) is 5.16 Å². The van der Waals surface area contributed by atoms with Gasteiger partial charge in [0.1, 0.15) is 5.82 Å². The van der Waals surface area contributed by atoms with E-state index in [1.54, 1.807) is 13.2 Å².